The minimum atomic E-state index is -0.527. The number of hydrogen-bond donors (Lipinski definition) is 2. The third-order valence-corrected chi connectivity index (χ3v) is 4.77. The number of fused-ring (bicyclic) bond motifs is 1. The summed E-state index contributed by atoms with van der Waals surface area (Å²) in [5.41, 5.74) is 1.63. The molecule has 2 aromatic heterocycles. The lowest BCUT2D eigenvalue weighted by atomic mass is 10.2. The molecule has 2 aromatic carbocycles. The minimum absolute atomic E-state index is 0.113. The first-order chi connectivity index (χ1) is 17.1. The molecule has 4 aromatic rings. The van der Waals surface area contributed by atoms with Crippen LogP contribution in [0.25, 0.3) is 11.3 Å². The predicted molar refractivity (Wildman–Crippen MR) is 130 cm³/mol. The molecule has 2 heterocycles. The van der Waals surface area contributed by atoms with Crippen molar-refractivity contribution in [1.29, 1.82) is 0 Å². The van der Waals surface area contributed by atoms with Crippen LogP contribution in [0.3, 0.4) is 0 Å². The molecule has 0 bridgehead atoms. The quantitative estimate of drug-likeness (QED) is 0.329. The smallest absolute Gasteiger partial charge is 0.245 e. The zero-order valence-corrected chi connectivity index (χ0v) is 19.2. The molecule has 176 valence electrons. The number of unbranched alkanes of at least 4 members (excludes halogenated alkanes) is 2. The molecule has 0 unspecified atom stereocenters. The normalized spacial score (nSPS) is 10.3. The summed E-state index contributed by atoms with van der Waals surface area (Å²) in [5.74, 6) is 11.0. The van der Waals surface area contributed by atoms with Crippen LogP contribution in [-0.2, 0) is 0 Å². The Kier molecular flexibility index (Phi) is 7.49. The number of benzene rings is 2. The lowest BCUT2D eigenvalue weighted by molar-refractivity contribution is 0.314. The SMILES string of the molecule is CCCC#Cc1ccc(Nc2nc3nonc3nc2Nc2ccc(C#CCCC)cc2F)c(F)c1. The van der Waals surface area contributed by atoms with Gasteiger partial charge in [-0.25, -0.2) is 23.4 Å². The van der Waals surface area contributed by atoms with Crippen LogP contribution in [0.2, 0.25) is 0 Å². The van der Waals surface area contributed by atoms with Crippen molar-refractivity contribution in [3.63, 3.8) is 0 Å². The van der Waals surface area contributed by atoms with Crippen LogP contribution >= 0.6 is 0 Å². The number of anilines is 4. The Hall–Kier alpha value is -4.50. The average molecular weight is 472 g/mol. The Morgan fingerprint density at radius 2 is 1.20 bits per heavy atom. The van der Waals surface area contributed by atoms with E-state index in [1.165, 1.54) is 12.1 Å². The van der Waals surface area contributed by atoms with E-state index >= 15 is 0 Å². The molecule has 9 heteroatoms. The van der Waals surface area contributed by atoms with Crippen molar-refractivity contribution in [3.05, 3.63) is 59.2 Å². The standard InChI is InChI=1S/C26H22F2N6O/c1-3-5-7-9-17-11-13-21(19(27)15-17)29-23-24(32-26-25(31-23)33-35-34-26)30-22-14-12-18(16-20(22)28)10-8-6-4-2/h11-16H,3-6H2,1-2H3,(H,29,31,33)(H,30,32,34). The second-order valence-electron chi connectivity index (χ2n) is 7.58. The summed E-state index contributed by atoms with van der Waals surface area (Å²) in [4.78, 5) is 8.61. The summed E-state index contributed by atoms with van der Waals surface area (Å²) in [5, 5.41) is 13.1. The second kappa shape index (κ2) is 11.1. The van der Waals surface area contributed by atoms with E-state index in [1.54, 1.807) is 24.3 Å². The predicted octanol–water partition coefficient (Wildman–Crippen LogP) is 6.08. The van der Waals surface area contributed by atoms with E-state index in [9.17, 15) is 8.78 Å². The van der Waals surface area contributed by atoms with Gasteiger partial charge in [0.1, 0.15) is 11.6 Å². The highest BCUT2D eigenvalue weighted by atomic mass is 19.1. The third kappa shape index (κ3) is 5.90. The monoisotopic (exact) mass is 472 g/mol. The van der Waals surface area contributed by atoms with Gasteiger partial charge in [-0.2, -0.15) is 0 Å². The fourth-order valence-corrected chi connectivity index (χ4v) is 3.03. The van der Waals surface area contributed by atoms with Crippen molar-refractivity contribution in [2.24, 2.45) is 0 Å². The van der Waals surface area contributed by atoms with E-state index < -0.39 is 11.6 Å². The minimum Gasteiger partial charge on any atom is -0.335 e. The van der Waals surface area contributed by atoms with Gasteiger partial charge in [-0.05, 0) is 59.6 Å². The highest BCUT2D eigenvalue weighted by Gasteiger charge is 2.16. The molecule has 0 amide bonds. The molecule has 0 aliphatic carbocycles. The molecule has 0 saturated heterocycles. The number of nitrogens with one attached hydrogen (secondary N) is 2. The average Bonchev–Trinajstić information content (AvgIpc) is 3.30. The molecule has 7 nitrogen and oxygen atoms in total. The Morgan fingerprint density at radius 1 is 0.743 bits per heavy atom. The van der Waals surface area contributed by atoms with Crippen molar-refractivity contribution in [1.82, 2.24) is 20.3 Å². The number of nitrogens with zero attached hydrogens (tertiary/aromatic N) is 4. The van der Waals surface area contributed by atoms with Gasteiger partial charge in [0.05, 0.1) is 11.4 Å². The highest BCUT2D eigenvalue weighted by molar-refractivity contribution is 5.79. The van der Waals surface area contributed by atoms with Crippen LogP contribution in [0, 0.1) is 35.3 Å². The largest absolute Gasteiger partial charge is 0.335 e. The maximum absolute atomic E-state index is 14.8. The molecule has 0 saturated carbocycles. The lowest BCUT2D eigenvalue weighted by Crippen LogP contribution is -2.05. The number of halogens is 2. The first-order valence-corrected chi connectivity index (χ1v) is 11.2. The van der Waals surface area contributed by atoms with Crippen molar-refractivity contribution in [2.75, 3.05) is 10.6 Å². The summed E-state index contributed by atoms with van der Waals surface area (Å²) < 4.78 is 34.2. The molecule has 0 spiro atoms. The van der Waals surface area contributed by atoms with Crippen LogP contribution in [0.4, 0.5) is 31.8 Å². The van der Waals surface area contributed by atoms with Gasteiger partial charge in [-0.15, -0.1) is 0 Å². The van der Waals surface area contributed by atoms with Gasteiger partial charge < -0.3 is 10.6 Å². The van der Waals surface area contributed by atoms with Crippen molar-refractivity contribution < 1.29 is 13.4 Å². The van der Waals surface area contributed by atoms with E-state index in [2.05, 4.69) is 59.2 Å². The fraction of sp³-hybridized carbons (Fsp3) is 0.231. The second-order valence-corrected chi connectivity index (χ2v) is 7.58. The molecular formula is C26H22F2N6O. The number of hydrogen-bond acceptors (Lipinski definition) is 7. The summed E-state index contributed by atoms with van der Waals surface area (Å²) in [6, 6.07) is 9.16. The first-order valence-electron chi connectivity index (χ1n) is 11.2. The maximum Gasteiger partial charge on any atom is 0.245 e. The van der Waals surface area contributed by atoms with Crippen LogP contribution in [0.5, 0.6) is 0 Å². The van der Waals surface area contributed by atoms with Gasteiger partial charge in [0.2, 0.25) is 11.3 Å². The van der Waals surface area contributed by atoms with Crippen LogP contribution < -0.4 is 10.6 Å². The van der Waals surface area contributed by atoms with Gasteiger partial charge in [-0.1, -0.05) is 37.5 Å². The summed E-state index contributed by atoms with van der Waals surface area (Å²) in [6.07, 6.45) is 3.33. The Balaban J connectivity index is 1.64. The van der Waals surface area contributed by atoms with Crippen LogP contribution in [0.1, 0.15) is 50.7 Å². The number of rotatable bonds is 6. The van der Waals surface area contributed by atoms with E-state index in [0.717, 1.165) is 25.7 Å². The van der Waals surface area contributed by atoms with Crippen molar-refractivity contribution >= 4 is 34.3 Å². The van der Waals surface area contributed by atoms with Gasteiger partial charge >= 0.3 is 0 Å². The maximum atomic E-state index is 14.8. The lowest BCUT2D eigenvalue weighted by Gasteiger charge is -2.13. The zero-order valence-electron chi connectivity index (χ0n) is 19.2. The molecular weight excluding hydrogens is 450 g/mol. The van der Waals surface area contributed by atoms with Gasteiger partial charge in [0.15, 0.2) is 11.6 Å². The van der Waals surface area contributed by atoms with Crippen LogP contribution in [0.15, 0.2) is 41.0 Å². The highest BCUT2D eigenvalue weighted by Crippen LogP contribution is 2.29. The number of aromatic nitrogens is 4. The van der Waals surface area contributed by atoms with E-state index in [0.29, 0.717) is 11.1 Å². The zero-order chi connectivity index (χ0) is 24.6. The topological polar surface area (TPSA) is 88.8 Å². The third-order valence-electron chi connectivity index (χ3n) is 4.77. The van der Waals surface area contributed by atoms with E-state index in [4.69, 9.17) is 0 Å². The molecule has 35 heavy (non-hydrogen) atoms. The van der Waals surface area contributed by atoms with E-state index in [1.807, 2.05) is 13.8 Å². The summed E-state index contributed by atoms with van der Waals surface area (Å²) in [6.45, 7) is 4.05. The summed E-state index contributed by atoms with van der Waals surface area (Å²) >= 11 is 0. The molecule has 0 atom stereocenters. The van der Waals surface area contributed by atoms with Crippen molar-refractivity contribution in [2.45, 2.75) is 39.5 Å². The molecule has 0 aliphatic rings. The summed E-state index contributed by atoms with van der Waals surface area (Å²) in [7, 11) is 0. The molecule has 0 aliphatic heterocycles. The van der Waals surface area contributed by atoms with Gasteiger partial charge in [0, 0.05) is 24.0 Å². The van der Waals surface area contributed by atoms with Crippen LogP contribution in [-0.4, -0.2) is 20.3 Å². The molecule has 2 N–H and O–H groups in total. The van der Waals surface area contributed by atoms with Crippen molar-refractivity contribution in [3.8, 4) is 23.7 Å². The Morgan fingerprint density at radius 3 is 1.60 bits per heavy atom. The van der Waals surface area contributed by atoms with E-state index in [-0.39, 0.29) is 34.3 Å². The van der Waals surface area contributed by atoms with Gasteiger partial charge in [-0.3, -0.25) is 0 Å². The Labute approximate surface area is 201 Å². The molecule has 0 fully saturated rings. The molecule has 4 rings (SSSR count). The Bertz CT molecular complexity index is 1370. The van der Waals surface area contributed by atoms with Gasteiger partial charge in [0.25, 0.3) is 0 Å². The molecule has 0 radical (unpaired) electrons. The first kappa shape index (κ1) is 23.7. The fourth-order valence-electron chi connectivity index (χ4n) is 3.03.